The van der Waals surface area contributed by atoms with Crippen LogP contribution in [0.25, 0.3) is 0 Å². The molecule has 1 aromatic heterocycles. The Morgan fingerprint density at radius 1 is 1.53 bits per heavy atom. The molecule has 8 heteroatoms. The zero-order valence-electron chi connectivity index (χ0n) is 10.6. The molecule has 7 nitrogen and oxygen atoms in total. The third-order valence-electron chi connectivity index (χ3n) is 3.31. The molecule has 1 N–H and O–H groups in total. The van der Waals surface area contributed by atoms with E-state index in [0.717, 1.165) is 0 Å². The average Bonchev–Trinajstić information content (AvgIpc) is 2.72. The van der Waals surface area contributed by atoms with E-state index in [-0.39, 0.29) is 17.0 Å². The topological polar surface area (TPSA) is 98.5 Å². The molecular weight excluding hydrogens is 272 g/mol. The largest absolute Gasteiger partial charge is 0.478 e. The molecule has 0 aromatic carbocycles. The lowest BCUT2D eigenvalue weighted by molar-refractivity contribution is 0.0696. The van der Waals surface area contributed by atoms with Crippen LogP contribution >= 0.6 is 0 Å². The molecule has 1 aliphatic rings. The van der Waals surface area contributed by atoms with Crippen LogP contribution in [0.3, 0.4) is 0 Å². The number of sulfone groups is 1. The van der Waals surface area contributed by atoms with E-state index in [0.29, 0.717) is 26.1 Å². The lowest BCUT2D eigenvalue weighted by atomic mass is 10.2. The molecule has 1 saturated heterocycles. The number of hydrogen-bond donors (Lipinski definition) is 1. The van der Waals surface area contributed by atoms with Gasteiger partial charge in [0.15, 0.2) is 9.84 Å². The van der Waals surface area contributed by atoms with Crippen molar-refractivity contribution >= 4 is 15.8 Å². The van der Waals surface area contributed by atoms with Crippen LogP contribution in [0, 0.1) is 0 Å². The van der Waals surface area contributed by atoms with Crippen LogP contribution in [0.1, 0.15) is 28.9 Å². The van der Waals surface area contributed by atoms with E-state index in [1.807, 2.05) is 0 Å². The van der Waals surface area contributed by atoms with Crippen LogP contribution in [-0.4, -0.2) is 47.7 Å². The van der Waals surface area contributed by atoms with E-state index in [2.05, 4.69) is 5.10 Å². The molecule has 1 aliphatic heterocycles. The van der Waals surface area contributed by atoms with E-state index in [9.17, 15) is 13.2 Å². The molecule has 2 heterocycles. The van der Waals surface area contributed by atoms with E-state index in [4.69, 9.17) is 9.84 Å². The van der Waals surface area contributed by atoms with Gasteiger partial charge < -0.3 is 9.84 Å². The first-order valence-electron chi connectivity index (χ1n) is 5.95. The number of aromatic carboxylic acids is 1. The minimum absolute atomic E-state index is 0.0573. The second kappa shape index (κ2) is 5.30. The van der Waals surface area contributed by atoms with Crippen molar-refractivity contribution in [2.24, 2.45) is 7.05 Å². The highest BCUT2D eigenvalue weighted by molar-refractivity contribution is 7.91. The van der Waals surface area contributed by atoms with Gasteiger partial charge in [-0.2, -0.15) is 5.10 Å². The summed E-state index contributed by atoms with van der Waals surface area (Å²) in [5, 5.41) is 12.4. The van der Waals surface area contributed by atoms with Gasteiger partial charge in [-0.3, -0.25) is 4.68 Å². The second-order valence-electron chi connectivity index (χ2n) is 4.55. The lowest BCUT2D eigenvalue weighted by Gasteiger charge is -2.22. The summed E-state index contributed by atoms with van der Waals surface area (Å²) >= 11 is 0. The molecular formula is C11H16N2O5S. The van der Waals surface area contributed by atoms with E-state index >= 15 is 0 Å². The fourth-order valence-electron chi connectivity index (χ4n) is 2.16. The summed E-state index contributed by atoms with van der Waals surface area (Å²) in [5.74, 6) is -1.46. The number of carboxylic acid groups (broad SMARTS) is 1. The molecule has 0 radical (unpaired) electrons. The Morgan fingerprint density at radius 2 is 2.16 bits per heavy atom. The second-order valence-corrected chi connectivity index (χ2v) is 6.83. The number of aromatic nitrogens is 2. The van der Waals surface area contributed by atoms with Crippen molar-refractivity contribution in [2.75, 3.05) is 13.2 Å². The molecule has 1 aromatic rings. The summed E-state index contributed by atoms with van der Waals surface area (Å²) in [5.41, 5.74) is 0.164. The third-order valence-corrected chi connectivity index (χ3v) is 5.47. The van der Waals surface area contributed by atoms with Crippen molar-refractivity contribution in [3.05, 3.63) is 17.5 Å². The van der Waals surface area contributed by atoms with Gasteiger partial charge in [-0.05, 0) is 12.8 Å². The van der Waals surface area contributed by atoms with Gasteiger partial charge in [0.25, 0.3) is 0 Å². The van der Waals surface area contributed by atoms with Crippen LogP contribution in [0.15, 0.2) is 6.20 Å². The third kappa shape index (κ3) is 2.95. The first-order chi connectivity index (χ1) is 8.92. The van der Waals surface area contributed by atoms with Gasteiger partial charge in [0.1, 0.15) is 5.56 Å². The molecule has 106 valence electrons. The number of hydrogen-bond acceptors (Lipinski definition) is 5. The highest BCUT2D eigenvalue weighted by atomic mass is 32.2. The first-order valence-corrected chi connectivity index (χ1v) is 7.67. The molecule has 0 aliphatic carbocycles. The predicted molar refractivity (Wildman–Crippen MR) is 66.6 cm³/mol. The summed E-state index contributed by atoms with van der Waals surface area (Å²) in [6.07, 6.45) is 2.10. The fraction of sp³-hybridized carbons (Fsp3) is 0.636. The van der Waals surface area contributed by atoms with Crippen LogP contribution in [0.5, 0.6) is 0 Å². The van der Waals surface area contributed by atoms with Gasteiger partial charge in [0.2, 0.25) is 0 Å². The molecule has 0 unspecified atom stereocenters. The maximum absolute atomic E-state index is 12.3. The van der Waals surface area contributed by atoms with E-state index in [1.165, 1.54) is 10.9 Å². The zero-order valence-corrected chi connectivity index (χ0v) is 11.4. The smallest absolute Gasteiger partial charge is 0.339 e. The summed E-state index contributed by atoms with van der Waals surface area (Å²) in [7, 11) is -1.85. The van der Waals surface area contributed by atoms with Crippen LogP contribution in [0.2, 0.25) is 0 Å². The lowest BCUT2D eigenvalue weighted by Crippen LogP contribution is -2.30. The Labute approximate surface area is 111 Å². The summed E-state index contributed by atoms with van der Waals surface area (Å²) in [6, 6.07) is 0. The molecule has 0 saturated carbocycles. The molecule has 0 bridgehead atoms. The molecule has 0 spiro atoms. The predicted octanol–water partition coefficient (Wildman–Crippen LogP) is 0.212. The van der Waals surface area contributed by atoms with Gasteiger partial charge in [-0.15, -0.1) is 0 Å². The SMILES string of the molecule is Cn1ncc(C(=O)O)c1CS(=O)(=O)C1CCOCC1. The average molecular weight is 288 g/mol. The van der Waals surface area contributed by atoms with Gasteiger partial charge in [0, 0.05) is 20.3 Å². The molecule has 19 heavy (non-hydrogen) atoms. The standard InChI is InChI=1S/C11H16N2O5S/c1-13-10(9(6-12-13)11(14)15)7-19(16,17)8-2-4-18-5-3-8/h6,8H,2-5,7H2,1H3,(H,14,15). The molecule has 1 fully saturated rings. The Morgan fingerprint density at radius 3 is 2.74 bits per heavy atom. The zero-order chi connectivity index (χ0) is 14.0. The maximum Gasteiger partial charge on any atom is 0.339 e. The monoisotopic (exact) mass is 288 g/mol. The van der Waals surface area contributed by atoms with Crippen molar-refractivity contribution in [2.45, 2.75) is 23.8 Å². The minimum Gasteiger partial charge on any atom is -0.478 e. The molecule has 2 rings (SSSR count). The van der Waals surface area contributed by atoms with Crippen LogP contribution in [0.4, 0.5) is 0 Å². The number of ether oxygens (including phenoxy) is 1. The normalized spacial score (nSPS) is 17.5. The number of nitrogens with zero attached hydrogens (tertiary/aromatic N) is 2. The molecule has 0 amide bonds. The highest BCUT2D eigenvalue weighted by Crippen LogP contribution is 2.21. The highest BCUT2D eigenvalue weighted by Gasteiger charge is 2.30. The van der Waals surface area contributed by atoms with Gasteiger partial charge in [-0.25, -0.2) is 13.2 Å². The number of aryl methyl sites for hydroxylation is 1. The minimum atomic E-state index is -3.39. The Balaban J connectivity index is 2.24. The van der Waals surface area contributed by atoms with Crippen molar-refractivity contribution in [1.29, 1.82) is 0 Å². The van der Waals surface area contributed by atoms with Gasteiger partial charge >= 0.3 is 5.97 Å². The quantitative estimate of drug-likeness (QED) is 0.850. The maximum atomic E-state index is 12.3. The summed E-state index contributed by atoms with van der Waals surface area (Å²) in [4.78, 5) is 11.0. The van der Waals surface area contributed by atoms with Crippen molar-refractivity contribution < 1.29 is 23.1 Å². The number of carbonyl (C=O) groups is 1. The van der Waals surface area contributed by atoms with Crippen molar-refractivity contribution in [1.82, 2.24) is 9.78 Å². The van der Waals surface area contributed by atoms with E-state index in [1.54, 1.807) is 7.05 Å². The van der Waals surface area contributed by atoms with Crippen molar-refractivity contribution in [3.63, 3.8) is 0 Å². The van der Waals surface area contributed by atoms with Gasteiger partial charge in [0.05, 0.1) is 22.9 Å². The fourth-order valence-corrected chi connectivity index (χ4v) is 4.03. The Bertz CT molecular complexity index is 572. The first kappa shape index (κ1) is 14.0. The van der Waals surface area contributed by atoms with Crippen LogP contribution < -0.4 is 0 Å². The molecule has 0 atom stereocenters. The Hall–Kier alpha value is -1.41. The van der Waals surface area contributed by atoms with Gasteiger partial charge in [-0.1, -0.05) is 0 Å². The van der Waals surface area contributed by atoms with Crippen LogP contribution in [-0.2, 0) is 27.4 Å². The van der Waals surface area contributed by atoms with E-state index < -0.39 is 21.1 Å². The summed E-state index contributed by atoms with van der Waals surface area (Å²) < 4.78 is 31.0. The number of carboxylic acids is 1. The Kier molecular flexibility index (Phi) is 3.91. The van der Waals surface area contributed by atoms with Crippen molar-refractivity contribution in [3.8, 4) is 0 Å². The summed E-state index contributed by atoms with van der Waals surface area (Å²) in [6.45, 7) is 0.863. The number of rotatable bonds is 4.